The van der Waals surface area contributed by atoms with Gasteiger partial charge in [0.2, 0.25) is 0 Å². The second kappa shape index (κ2) is 6.57. The number of nitrogens with one attached hydrogen (secondary N) is 2. The minimum Gasteiger partial charge on any atom is -0.337 e. The van der Waals surface area contributed by atoms with Gasteiger partial charge in [0.05, 0.1) is 10.7 Å². The van der Waals surface area contributed by atoms with Gasteiger partial charge in [0.1, 0.15) is 5.69 Å². The highest BCUT2D eigenvalue weighted by molar-refractivity contribution is 6.33. The Balaban J connectivity index is 1.50. The zero-order chi connectivity index (χ0) is 16.5. The molecule has 1 amide bonds. The Kier molecular flexibility index (Phi) is 4.29. The maximum Gasteiger partial charge on any atom is 0.271 e. The number of amides is 1. The molecule has 5 nitrogen and oxygen atoms in total. The fourth-order valence-electron chi connectivity index (χ4n) is 3.83. The Morgan fingerprint density at radius 3 is 2.58 bits per heavy atom. The van der Waals surface area contributed by atoms with E-state index >= 15 is 0 Å². The number of H-pyrrole nitrogens is 1. The molecule has 2 aliphatic heterocycles. The fourth-order valence-corrected chi connectivity index (χ4v) is 4.06. The highest BCUT2D eigenvalue weighted by Crippen LogP contribution is 2.29. The molecule has 4 rings (SSSR count). The van der Waals surface area contributed by atoms with E-state index in [0.717, 1.165) is 44.6 Å². The number of benzene rings is 1. The number of carbonyl (C=O) groups excluding carboxylic acids is 1. The van der Waals surface area contributed by atoms with E-state index in [2.05, 4.69) is 15.5 Å². The van der Waals surface area contributed by atoms with Crippen LogP contribution in [0.2, 0.25) is 5.02 Å². The highest BCUT2D eigenvalue weighted by Gasteiger charge is 2.32. The monoisotopic (exact) mass is 344 g/mol. The van der Waals surface area contributed by atoms with Crippen LogP contribution < -0.4 is 5.32 Å². The quantitative estimate of drug-likeness (QED) is 0.880. The molecule has 24 heavy (non-hydrogen) atoms. The average molecular weight is 345 g/mol. The van der Waals surface area contributed by atoms with E-state index in [0.29, 0.717) is 28.2 Å². The number of carbonyl (C=O) groups is 1. The van der Waals surface area contributed by atoms with Gasteiger partial charge in [-0.3, -0.25) is 9.89 Å². The van der Waals surface area contributed by atoms with Crippen molar-refractivity contribution in [2.75, 3.05) is 26.2 Å². The summed E-state index contributed by atoms with van der Waals surface area (Å²) < 4.78 is 0. The minimum absolute atomic E-state index is 0.0359. The molecule has 2 saturated heterocycles. The number of halogens is 1. The normalized spacial score (nSPS) is 23.8. The van der Waals surface area contributed by atoms with Crippen LogP contribution >= 0.6 is 11.6 Å². The summed E-state index contributed by atoms with van der Waals surface area (Å²) in [5, 5.41) is 11.3. The maximum absolute atomic E-state index is 12.8. The van der Waals surface area contributed by atoms with Crippen LogP contribution in [-0.2, 0) is 0 Å². The number of rotatable bonds is 2. The number of fused-ring (bicyclic) bond motifs is 1. The van der Waals surface area contributed by atoms with Gasteiger partial charge in [0.15, 0.2) is 0 Å². The van der Waals surface area contributed by atoms with Crippen molar-refractivity contribution in [3.8, 4) is 11.3 Å². The lowest BCUT2D eigenvalue weighted by Gasteiger charge is -2.19. The minimum atomic E-state index is 0.0359. The second-order valence-corrected chi connectivity index (χ2v) is 7.10. The van der Waals surface area contributed by atoms with Crippen molar-refractivity contribution >= 4 is 17.5 Å². The third-order valence-electron chi connectivity index (χ3n) is 5.26. The summed E-state index contributed by atoms with van der Waals surface area (Å²) in [6, 6.07) is 9.34. The number of hydrogen-bond donors (Lipinski definition) is 2. The molecule has 2 atom stereocenters. The van der Waals surface area contributed by atoms with Crippen molar-refractivity contribution in [1.82, 2.24) is 20.4 Å². The maximum atomic E-state index is 12.8. The molecule has 1 aromatic carbocycles. The third kappa shape index (κ3) is 2.94. The molecule has 126 valence electrons. The van der Waals surface area contributed by atoms with E-state index in [1.807, 2.05) is 29.2 Å². The lowest BCUT2D eigenvalue weighted by atomic mass is 9.92. The lowest BCUT2D eigenvalue weighted by molar-refractivity contribution is 0.0752. The number of nitrogens with zero attached hydrogens (tertiary/aromatic N) is 2. The first kappa shape index (κ1) is 15.7. The van der Waals surface area contributed by atoms with Gasteiger partial charge in [-0.25, -0.2) is 0 Å². The fraction of sp³-hybridized carbons (Fsp3) is 0.444. The summed E-state index contributed by atoms with van der Waals surface area (Å²) >= 11 is 6.22. The molecule has 2 aliphatic rings. The molecule has 2 aromatic rings. The Morgan fingerprint density at radius 2 is 1.88 bits per heavy atom. The first-order valence-electron chi connectivity index (χ1n) is 8.52. The van der Waals surface area contributed by atoms with E-state index in [-0.39, 0.29) is 5.91 Å². The van der Waals surface area contributed by atoms with Gasteiger partial charge in [0.25, 0.3) is 5.91 Å². The van der Waals surface area contributed by atoms with Crippen LogP contribution in [0.4, 0.5) is 0 Å². The summed E-state index contributed by atoms with van der Waals surface area (Å²) in [6.07, 6.45) is 2.16. The standard InChI is InChI=1S/C18H21ClN4O/c19-15-4-2-1-3-14(15)16-9-17(22-21-16)18(24)23-7-5-12-10-20-11-13(12)6-8-23/h1-4,9,12-13,20H,5-8,10-11H2,(H,21,22)/t12-,13+. The largest absolute Gasteiger partial charge is 0.337 e. The first-order valence-corrected chi connectivity index (χ1v) is 8.90. The van der Waals surface area contributed by atoms with Crippen LogP contribution in [0.3, 0.4) is 0 Å². The Morgan fingerprint density at radius 1 is 1.17 bits per heavy atom. The Labute approximate surface area is 146 Å². The van der Waals surface area contributed by atoms with E-state index < -0.39 is 0 Å². The summed E-state index contributed by atoms with van der Waals surface area (Å²) in [4.78, 5) is 14.8. The molecule has 2 fully saturated rings. The molecule has 1 aromatic heterocycles. The average Bonchev–Trinajstić information content (AvgIpc) is 3.21. The van der Waals surface area contributed by atoms with Gasteiger partial charge in [-0.2, -0.15) is 5.10 Å². The molecule has 0 aliphatic carbocycles. The van der Waals surface area contributed by atoms with Crippen LogP contribution in [0, 0.1) is 11.8 Å². The smallest absolute Gasteiger partial charge is 0.271 e. The molecule has 0 unspecified atom stereocenters. The molecule has 6 heteroatoms. The first-order chi connectivity index (χ1) is 11.7. The summed E-state index contributed by atoms with van der Waals surface area (Å²) in [5.74, 6) is 1.46. The van der Waals surface area contributed by atoms with Gasteiger partial charge in [-0.15, -0.1) is 0 Å². The van der Waals surface area contributed by atoms with Crippen LogP contribution in [-0.4, -0.2) is 47.2 Å². The van der Waals surface area contributed by atoms with E-state index in [4.69, 9.17) is 11.6 Å². The van der Waals surface area contributed by atoms with Crippen molar-refractivity contribution in [3.63, 3.8) is 0 Å². The Hall–Kier alpha value is -1.85. The van der Waals surface area contributed by atoms with Gasteiger partial charge < -0.3 is 10.2 Å². The van der Waals surface area contributed by atoms with E-state index in [1.165, 1.54) is 0 Å². The predicted octanol–water partition coefficient (Wildman–Crippen LogP) is 2.80. The van der Waals surface area contributed by atoms with Crippen LogP contribution in [0.25, 0.3) is 11.3 Å². The zero-order valence-corrected chi connectivity index (χ0v) is 14.2. The molecule has 0 spiro atoms. The van der Waals surface area contributed by atoms with Crippen molar-refractivity contribution in [2.24, 2.45) is 11.8 Å². The highest BCUT2D eigenvalue weighted by atomic mass is 35.5. The second-order valence-electron chi connectivity index (χ2n) is 6.69. The van der Waals surface area contributed by atoms with E-state index in [9.17, 15) is 4.79 Å². The van der Waals surface area contributed by atoms with Gasteiger partial charge >= 0.3 is 0 Å². The molecule has 0 bridgehead atoms. The number of likely N-dealkylation sites (tertiary alicyclic amines) is 1. The van der Waals surface area contributed by atoms with Crippen LogP contribution in [0.5, 0.6) is 0 Å². The number of aromatic nitrogens is 2. The predicted molar refractivity (Wildman–Crippen MR) is 94.0 cm³/mol. The van der Waals surface area contributed by atoms with Crippen molar-refractivity contribution in [1.29, 1.82) is 0 Å². The van der Waals surface area contributed by atoms with Gasteiger partial charge in [0, 0.05) is 18.7 Å². The van der Waals surface area contributed by atoms with Gasteiger partial charge in [-0.05, 0) is 49.9 Å². The summed E-state index contributed by atoms with van der Waals surface area (Å²) in [6.45, 7) is 3.82. The topological polar surface area (TPSA) is 61.0 Å². The lowest BCUT2D eigenvalue weighted by Crippen LogP contribution is -2.33. The molecule has 2 N–H and O–H groups in total. The van der Waals surface area contributed by atoms with E-state index in [1.54, 1.807) is 6.07 Å². The molecule has 0 radical (unpaired) electrons. The van der Waals surface area contributed by atoms with Crippen molar-refractivity contribution in [3.05, 3.63) is 41.0 Å². The van der Waals surface area contributed by atoms with Gasteiger partial charge in [-0.1, -0.05) is 29.8 Å². The Bertz CT molecular complexity index is 730. The molecular formula is C18H21ClN4O. The third-order valence-corrected chi connectivity index (χ3v) is 5.59. The zero-order valence-electron chi connectivity index (χ0n) is 13.5. The van der Waals surface area contributed by atoms with Crippen molar-refractivity contribution < 1.29 is 4.79 Å². The molecular weight excluding hydrogens is 324 g/mol. The molecule has 3 heterocycles. The SMILES string of the molecule is O=C(c1cc(-c2ccccc2Cl)n[nH]1)N1CC[C@@H]2CNC[C@@H]2CC1. The number of hydrogen-bond acceptors (Lipinski definition) is 3. The van der Waals surface area contributed by atoms with Crippen LogP contribution in [0.15, 0.2) is 30.3 Å². The summed E-state index contributed by atoms with van der Waals surface area (Å²) in [7, 11) is 0. The molecule has 0 saturated carbocycles. The summed E-state index contributed by atoms with van der Waals surface area (Å²) in [5.41, 5.74) is 2.08. The van der Waals surface area contributed by atoms with Crippen molar-refractivity contribution in [2.45, 2.75) is 12.8 Å². The van der Waals surface area contributed by atoms with Crippen LogP contribution in [0.1, 0.15) is 23.3 Å². The number of aromatic amines is 1.